The summed E-state index contributed by atoms with van der Waals surface area (Å²) in [4.78, 5) is 12.8. The number of hydrogen-bond donors (Lipinski definition) is 1. The first-order chi connectivity index (χ1) is 17.5. The first-order valence-electron chi connectivity index (χ1n) is 11.4. The van der Waals surface area contributed by atoms with Gasteiger partial charge in [0.05, 0.1) is 24.8 Å². The fourth-order valence-corrected chi connectivity index (χ4v) is 5.21. The van der Waals surface area contributed by atoms with Crippen LogP contribution in [0.25, 0.3) is 10.8 Å². The van der Waals surface area contributed by atoms with Crippen LogP contribution in [0, 0.1) is 0 Å². The standard InChI is InChI=1S/C28H27N3O4S/c1-35-25-14-16-26(17-15-25)36(33,34)31(19-18-22-8-3-2-4-9-22)21-28(32)30-29-20-24-12-7-11-23-10-5-6-13-27(23)24/h2-17,20H,18-19,21H2,1H3,(H,30,32)/b29-20-. The third kappa shape index (κ3) is 6.16. The Morgan fingerprint density at radius 1 is 0.917 bits per heavy atom. The Kier molecular flexibility index (Phi) is 8.10. The molecule has 0 bridgehead atoms. The van der Waals surface area contributed by atoms with Gasteiger partial charge in [-0.05, 0) is 47.0 Å². The number of sulfonamides is 1. The molecule has 36 heavy (non-hydrogen) atoms. The minimum Gasteiger partial charge on any atom is -0.497 e. The summed E-state index contributed by atoms with van der Waals surface area (Å²) in [5, 5.41) is 6.14. The molecule has 4 rings (SSSR count). The van der Waals surface area contributed by atoms with Crippen LogP contribution in [0.2, 0.25) is 0 Å². The zero-order valence-electron chi connectivity index (χ0n) is 19.9. The van der Waals surface area contributed by atoms with Crippen molar-refractivity contribution in [3.63, 3.8) is 0 Å². The number of nitrogens with zero attached hydrogens (tertiary/aromatic N) is 2. The van der Waals surface area contributed by atoms with Gasteiger partial charge in [-0.2, -0.15) is 9.41 Å². The maximum absolute atomic E-state index is 13.4. The summed E-state index contributed by atoms with van der Waals surface area (Å²) in [6.45, 7) is -0.229. The highest BCUT2D eigenvalue weighted by molar-refractivity contribution is 7.89. The average molecular weight is 502 g/mol. The smallest absolute Gasteiger partial charge is 0.255 e. The Hall–Kier alpha value is -4.01. The highest BCUT2D eigenvalue weighted by Crippen LogP contribution is 2.20. The molecule has 0 heterocycles. The van der Waals surface area contributed by atoms with Crippen molar-refractivity contribution in [3.05, 3.63) is 108 Å². The largest absolute Gasteiger partial charge is 0.497 e. The molecule has 0 aliphatic heterocycles. The van der Waals surface area contributed by atoms with E-state index in [9.17, 15) is 13.2 Å². The van der Waals surface area contributed by atoms with E-state index in [1.165, 1.54) is 23.5 Å². The molecule has 0 aromatic heterocycles. The van der Waals surface area contributed by atoms with Crippen molar-refractivity contribution < 1.29 is 17.9 Å². The lowest BCUT2D eigenvalue weighted by Gasteiger charge is -2.21. The van der Waals surface area contributed by atoms with Crippen molar-refractivity contribution in [2.45, 2.75) is 11.3 Å². The number of nitrogens with one attached hydrogen (secondary N) is 1. The summed E-state index contributed by atoms with van der Waals surface area (Å²) >= 11 is 0. The predicted molar refractivity (Wildman–Crippen MR) is 142 cm³/mol. The minimum absolute atomic E-state index is 0.0865. The van der Waals surface area contributed by atoms with Gasteiger partial charge in [0.15, 0.2) is 0 Å². The molecule has 0 saturated carbocycles. The second-order valence-electron chi connectivity index (χ2n) is 8.11. The van der Waals surface area contributed by atoms with Gasteiger partial charge in [-0.3, -0.25) is 4.79 Å². The van der Waals surface area contributed by atoms with Gasteiger partial charge in [-0.25, -0.2) is 13.8 Å². The zero-order valence-corrected chi connectivity index (χ0v) is 20.7. The van der Waals surface area contributed by atoms with Gasteiger partial charge < -0.3 is 4.74 Å². The van der Waals surface area contributed by atoms with E-state index in [1.807, 2.05) is 72.8 Å². The van der Waals surface area contributed by atoms with Crippen molar-refractivity contribution in [2.24, 2.45) is 5.10 Å². The van der Waals surface area contributed by atoms with Crippen LogP contribution in [0.3, 0.4) is 0 Å². The van der Waals surface area contributed by atoms with Crippen molar-refractivity contribution >= 4 is 32.9 Å². The Morgan fingerprint density at radius 3 is 2.36 bits per heavy atom. The van der Waals surface area contributed by atoms with E-state index in [2.05, 4.69) is 10.5 Å². The molecule has 184 valence electrons. The molecule has 8 heteroatoms. The van der Waals surface area contributed by atoms with Crippen LogP contribution < -0.4 is 10.2 Å². The van der Waals surface area contributed by atoms with E-state index in [0.717, 1.165) is 21.9 Å². The van der Waals surface area contributed by atoms with E-state index in [4.69, 9.17) is 4.74 Å². The number of ether oxygens (including phenoxy) is 1. The molecular weight excluding hydrogens is 474 g/mol. The van der Waals surface area contributed by atoms with Gasteiger partial charge in [0.1, 0.15) is 5.75 Å². The third-order valence-electron chi connectivity index (χ3n) is 5.73. The van der Waals surface area contributed by atoms with Crippen LogP contribution in [0.15, 0.2) is 107 Å². The van der Waals surface area contributed by atoms with Crippen LogP contribution in [-0.2, 0) is 21.2 Å². The van der Waals surface area contributed by atoms with Crippen molar-refractivity contribution in [3.8, 4) is 5.75 Å². The molecule has 0 radical (unpaired) electrons. The fourth-order valence-electron chi connectivity index (χ4n) is 3.81. The fraction of sp³-hybridized carbons (Fsp3) is 0.143. The number of rotatable bonds is 10. The van der Waals surface area contributed by atoms with Crippen molar-refractivity contribution in [1.29, 1.82) is 0 Å². The lowest BCUT2D eigenvalue weighted by molar-refractivity contribution is -0.121. The van der Waals surface area contributed by atoms with Crippen LogP contribution in [0.5, 0.6) is 5.75 Å². The second-order valence-corrected chi connectivity index (χ2v) is 10.0. The van der Waals surface area contributed by atoms with E-state index in [1.54, 1.807) is 18.3 Å². The quantitative estimate of drug-likeness (QED) is 0.260. The van der Waals surface area contributed by atoms with Crippen LogP contribution in [-0.4, -0.2) is 45.0 Å². The van der Waals surface area contributed by atoms with Gasteiger partial charge in [-0.1, -0.05) is 72.8 Å². The first kappa shape index (κ1) is 25.1. The monoisotopic (exact) mass is 501 g/mol. The first-order valence-corrected chi connectivity index (χ1v) is 12.9. The summed E-state index contributed by atoms with van der Waals surface area (Å²) in [6, 6.07) is 29.3. The van der Waals surface area contributed by atoms with Crippen LogP contribution in [0.4, 0.5) is 0 Å². The second kappa shape index (κ2) is 11.6. The van der Waals surface area contributed by atoms with E-state index in [-0.39, 0.29) is 18.0 Å². The zero-order chi connectivity index (χ0) is 25.4. The number of hydrogen-bond acceptors (Lipinski definition) is 5. The lowest BCUT2D eigenvalue weighted by Crippen LogP contribution is -2.40. The molecule has 0 unspecified atom stereocenters. The Labute approximate surface area is 211 Å². The van der Waals surface area contributed by atoms with Gasteiger partial charge >= 0.3 is 0 Å². The molecule has 1 N–H and O–H groups in total. The summed E-state index contributed by atoms with van der Waals surface area (Å²) < 4.78 is 33.1. The van der Waals surface area contributed by atoms with Crippen molar-refractivity contribution in [2.75, 3.05) is 20.2 Å². The molecular formula is C28H27N3O4S. The molecule has 4 aromatic rings. The Balaban J connectivity index is 1.50. The van der Waals surface area contributed by atoms with Gasteiger partial charge in [-0.15, -0.1) is 0 Å². The van der Waals surface area contributed by atoms with E-state index in [0.29, 0.717) is 12.2 Å². The van der Waals surface area contributed by atoms with Gasteiger partial charge in [0, 0.05) is 12.1 Å². The molecule has 0 fully saturated rings. The molecule has 7 nitrogen and oxygen atoms in total. The van der Waals surface area contributed by atoms with Gasteiger partial charge in [0.2, 0.25) is 10.0 Å². The number of carbonyl (C=O) groups is 1. The molecule has 4 aromatic carbocycles. The summed E-state index contributed by atoms with van der Waals surface area (Å²) in [5.41, 5.74) is 4.29. The van der Waals surface area contributed by atoms with E-state index >= 15 is 0 Å². The molecule has 0 aliphatic rings. The number of benzene rings is 4. The molecule has 0 spiro atoms. The molecule has 1 amide bonds. The Bertz CT molecular complexity index is 1450. The lowest BCUT2D eigenvalue weighted by atomic mass is 10.1. The van der Waals surface area contributed by atoms with Crippen LogP contribution >= 0.6 is 0 Å². The highest BCUT2D eigenvalue weighted by Gasteiger charge is 2.26. The van der Waals surface area contributed by atoms with Crippen molar-refractivity contribution in [1.82, 2.24) is 9.73 Å². The molecule has 0 saturated heterocycles. The highest BCUT2D eigenvalue weighted by atomic mass is 32.2. The summed E-state index contributed by atoms with van der Waals surface area (Å²) in [7, 11) is -2.42. The third-order valence-corrected chi connectivity index (χ3v) is 7.59. The predicted octanol–water partition coefficient (Wildman–Crippen LogP) is 4.23. The number of fused-ring (bicyclic) bond motifs is 1. The summed E-state index contributed by atoms with van der Waals surface area (Å²) in [5.74, 6) is 0.0157. The summed E-state index contributed by atoms with van der Waals surface area (Å²) in [6.07, 6.45) is 2.02. The number of amides is 1. The Morgan fingerprint density at radius 2 is 1.61 bits per heavy atom. The van der Waals surface area contributed by atoms with E-state index < -0.39 is 15.9 Å². The molecule has 0 atom stereocenters. The topological polar surface area (TPSA) is 88.1 Å². The average Bonchev–Trinajstić information content (AvgIpc) is 2.91. The number of carbonyl (C=O) groups excluding carboxylic acids is 1. The van der Waals surface area contributed by atoms with Crippen LogP contribution in [0.1, 0.15) is 11.1 Å². The SMILES string of the molecule is COc1ccc(S(=O)(=O)N(CCc2ccccc2)CC(=O)N/N=C\c2cccc3ccccc23)cc1. The normalized spacial score (nSPS) is 11.7. The minimum atomic E-state index is -3.93. The van der Waals surface area contributed by atoms with Gasteiger partial charge in [0.25, 0.3) is 5.91 Å². The number of hydrazone groups is 1. The maximum atomic E-state index is 13.4. The number of methoxy groups -OCH3 is 1. The molecule has 0 aliphatic carbocycles. The maximum Gasteiger partial charge on any atom is 0.255 e.